The maximum absolute atomic E-state index is 11.1. The molecule has 4 heteroatoms. The van der Waals surface area contributed by atoms with Crippen molar-refractivity contribution >= 4 is 11.9 Å². The Hall–Kier alpha value is -1.32. The number of carbonyl (C=O) groups is 2. The van der Waals surface area contributed by atoms with Crippen LogP contribution >= 0.6 is 0 Å². The zero-order chi connectivity index (χ0) is 10.3. The van der Waals surface area contributed by atoms with E-state index >= 15 is 0 Å². The molecular formula is C10H12O4. The van der Waals surface area contributed by atoms with Crippen molar-refractivity contribution in [2.75, 3.05) is 6.61 Å². The minimum Gasteiger partial charge on any atom is -0.465 e. The van der Waals surface area contributed by atoms with Crippen molar-refractivity contribution in [3.05, 3.63) is 11.6 Å². The van der Waals surface area contributed by atoms with Crippen LogP contribution in [0.15, 0.2) is 11.6 Å². The number of cyclic esters (lactones) is 2. The van der Waals surface area contributed by atoms with E-state index in [2.05, 4.69) is 0 Å². The molecule has 2 heterocycles. The lowest BCUT2D eigenvalue weighted by atomic mass is 9.91. The van der Waals surface area contributed by atoms with Crippen LogP contribution in [-0.4, -0.2) is 24.6 Å². The van der Waals surface area contributed by atoms with Gasteiger partial charge in [-0.25, -0.2) is 4.79 Å². The Labute approximate surface area is 81.9 Å². The average molecular weight is 196 g/mol. The standard InChI is InChI=1S/C10H12O4/c1-5-3-8(14-9(5)11)7-4-13-10(12)6(7)2/h3,6-8H,4H2,1-2H3/t6-,7+,8-/m0/s1. The van der Waals surface area contributed by atoms with Crippen LogP contribution < -0.4 is 0 Å². The highest BCUT2D eigenvalue weighted by Crippen LogP contribution is 2.30. The summed E-state index contributed by atoms with van der Waals surface area (Å²) in [6.45, 7) is 3.86. The molecule has 0 aromatic rings. The van der Waals surface area contributed by atoms with Gasteiger partial charge in [-0.3, -0.25) is 4.79 Å². The zero-order valence-electron chi connectivity index (χ0n) is 8.15. The van der Waals surface area contributed by atoms with Crippen LogP contribution in [-0.2, 0) is 19.1 Å². The van der Waals surface area contributed by atoms with Crippen LogP contribution in [0.25, 0.3) is 0 Å². The smallest absolute Gasteiger partial charge is 0.334 e. The Morgan fingerprint density at radius 1 is 1.43 bits per heavy atom. The molecule has 0 saturated carbocycles. The molecule has 0 amide bonds. The first kappa shape index (κ1) is 9.24. The van der Waals surface area contributed by atoms with E-state index in [4.69, 9.17) is 9.47 Å². The first-order chi connectivity index (χ1) is 6.59. The van der Waals surface area contributed by atoms with Gasteiger partial charge in [0.15, 0.2) is 0 Å². The predicted octanol–water partition coefficient (Wildman–Crippen LogP) is 0.667. The van der Waals surface area contributed by atoms with Crippen molar-refractivity contribution in [2.45, 2.75) is 20.0 Å². The zero-order valence-corrected chi connectivity index (χ0v) is 8.15. The summed E-state index contributed by atoms with van der Waals surface area (Å²) in [6, 6.07) is 0. The average Bonchev–Trinajstić information content (AvgIpc) is 2.61. The third-order valence-corrected chi connectivity index (χ3v) is 2.83. The molecule has 14 heavy (non-hydrogen) atoms. The SMILES string of the molecule is CC1=C[C@@H]([C@@H]2COC(=O)[C@H]2C)OC1=O. The van der Waals surface area contributed by atoms with Crippen LogP contribution in [0.3, 0.4) is 0 Å². The summed E-state index contributed by atoms with van der Waals surface area (Å²) in [5.41, 5.74) is 0.613. The van der Waals surface area contributed by atoms with Crippen LogP contribution in [0.1, 0.15) is 13.8 Å². The van der Waals surface area contributed by atoms with Crippen molar-refractivity contribution < 1.29 is 19.1 Å². The Kier molecular flexibility index (Phi) is 2.06. The van der Waals surface area contributed by atoms with Gasteiger partial charge >= 0.3 is 11.9 Å². The second-order valence-corrected chi connectivity index (χ2v) is 3.80. The van der Waals surface area contributed by atoms with Gasteiger partial charge in [0.2, 0.25) is 0 Å². The van der Waals surface area contributed by atoms with E-state index in [1.54, 1.807) is 19.9 Å². The molecule has 2 rings (SSSR count). The molecule has 0 aromatic carbocycles. The maximum atomic E-state index is 11.1. The van der Waals surface area contributed by atoms with E-state index in [1.807, 2.05) is 0 Å². The Balaban J connectivity index is 2.11. The fraction of sp³-hybridized carbons (Fsp3) is 0.600. The van der Waals surface area contributed by atoms with Crippen LogP contribution in [0.4, 0.5) is 0 Å². The van der Waals surface area contributed by atoms with E-state index in [0.717, 1.165) is 0 Å². The van der Waals surface area contributed by atoms with Crippen LogP contribution in [0, 0.1) is 11.8 Å². The van der Waals surface area contributed by atoms with Crippen LogP contribution in [0.2, 0.25) is 0 Å². The molecule has 0 unspecified atom stereocenters. The van der Waals surface area contributed by atoms with Crippen molar-refractivity contribution in [1.29, 1.82) is 0 Å². The van der Waals surface area contributed by atoms with Crippen molar-refractivity contribution in [3.8, 4) is 0 Å². The number of ether oxygens (including phenoxy) is 2. The monoisotopic (exact) mass is 196 g/mol. The minimum atomic E-state index is -0.290. The number of esters is 2. The molecule has 76 valence electrons. The fourth-order valence-electron chi connectivity index (χ4n) is 1.78. The van der Waals surface area contributed by atoms with E-state index < -0.39 is 0 Å². The van der Waals surface area contributed by atoms with Gasteiger partial charge < -0.3 is 9.47 Å². The molecule has 0 radical (unpaired) electrons. The number of carbonyl (C=O) groups excluding carboxylic acids is 2. The summed E-state index contributed by atoms with van der Waals surface area (Å²) >= 11 is 0. The third-order valence-electron chi connectivity index (χ3n) is 2.83. The van der Waals surface area contributed by atoms with E-state index in [1.165, 1.54) is 0 Å². The highest BCUT2D eigenvalue weighted by Gasteiger charge is 2.41. The number of hydrogen-bond donors (Lipinski definition) is 0. The molecule has 0 aliphatic carbocycles. The van der Waals surface area contributed by atoms with E-state index in [-0.39, 0.29) is 29.9 Å². The topological polar surface area (TPSA) is 52.6 Å². The first-order valence-corrected chi connectivity index (χ1v) is 4.65. The van der Waals surface area contributed by atoms with Gasteiger partial charge in [0.05, 0.1) is 12.5 Å². The summed E-state index contributed by atoms with van der Waals surface area (Å²) in [4.78, 5) is 22.2. The van der Waals surface area contributed by atoms with E-state index in [9.17, 15) is 9.59 Å². The second-order valence-electron chi connectivity index (χ2n) is 3.80. The highest BCUT2D eigenvalue weighted by atomic mass is 16.6. The molecule has 2 aliphatic rings. The predicted molar refractivity (Wildman–Crippen MR) is 47.3 cm³/mol. The molecule has 0 N–H and O–H groups in total. The summed E-state index contributed by atoms with van der Waals surface area (Å²) < 4.78 is 10.0. The van der Waals surface area contributed by atoms with Gasteiger partial charge in [0.25, 0.3) is 0 Å². The Morgan fingerprint density at radius 3 is 2.57 bits per heavy atom. The lowest BCUT2D eigenvalue weighted by molar-refractivity contribution is -0.143. The van der Waals surface area contributed by atoms with Gasteiger partial charge in [0, 0.05) is 11.5 Å². The summed E-state index contributed by atoms with van der Waals surface area (Å²) in [6.07, 6.45) is 1.48. The lowest BCUT2D eigenvalue weighted by Gasteiger charge is -2.16. The normalized spacial score (nSPS) is 36.7. The van der Waals surface area contributed by atoms with Gasteiger partial charge in [-0.1, -0.05) is 6.92 Å². The minimum absolute atomic E-state index is 0.0242. The fourth-order valence-corrected chi connectivity index (χ4v) is 1.78. The Morgan fingerprint density at radius 2 is 2.14 bits per heavy atom. The van der Waals surface area contributed by atoms with Crippen molar-refractivity contribution in [2.24, 2.45) is 11.8 Å². The second kappa shape index (κ2) is 3.12. The van der Waals surface area contributed by atoms with Gasteiger partial charge in [-0.15, -0.1) is 0 Å². The molecule has 4 nitrogen and oxygen atoms in total. The Bertz CT molecular complexity index is 318. The summed E-state index contributed by atoms with van der Waals surface area (Å²) in [7, 11) is 0. The summed E-state index contributed by atoms with van der Waals surface area (Å²) in [5.74, 6) is -0.704. The van der Waals surface area contributed by atoms with Crippen LogP contribution in [0.5, 0.6) is 0 Å². The van der Waals surface area contributed by atoms with Crippen molar-refractivity contribution in [1.82, 2.24) is 0 Å². The van der Waals surface area contributed by atoms with Crippen molar-refractivity contribution in [3.63, 3.8) is 0 Å². The molecule has 2 aliphatic heterocycles. The van der Waals surface area contributed by atoms with Gasteiger partial charge in [0.1, 0.15) is 6.10 Å². The molecule has 3 atom stereocenters. The molecule has 0 bridgehead atoms. The third kappa shape index (κ3) is 1.31. The van der Waals surface area contributed by atoms with Gasteiger partial charge in [-0.2, -0.15) is 0 Å². The first-order valence-electron chi connectivity index (χ1n) is 4.65. The molecule has 0 spiro atoms. The number of rotatable bonds is 1. The maximum Gasteiger partial charge on any atom is 0.334 e. The molecular weight excluding hydrogens is 184 g/mol. The van der Waals surface area contributed by atoms with Gasteiger partial charge in [-0.05, 0) is 13.0 Å². The molecule has 0 aromatic heterocycles. The van der Waals surface area contributed by atoms with E-state index in [0.29, 0.717) is 12.2 Å². The summed E-state index contributed by atoms with van der Waals surface area (Å²) in [5, 5.41) is 0. The molecule has 1 saturated heterocycles. The molecule has 1 fully saturated rings. The number of hydrogen-bond acceptors (Lipinski definition) is 4. The lowest BCUT2D eigenvalue weighted by Crippen LogP contribution is -2.26. The largest absolute Gasteiger partial charge is 0.465 e. The quantitative estimate of drug-likeness (QED) is 0.578. The highest BCUT2D eigenvalue weighted by molar-refractivity contribution is 5.90.